The molecule has 5 rings (SSSR count). The molecule has 1 heterocycles. The fraction of sp³-hybridized carbons (Fsp3) is 0.720. The average Bonchev–Trinajstić information content (AvgIpc) is 3.09. The fourth-order valence-corrected chi connectivity index (χ4v) is 8.11. The van der Waals surface area contributed by atoms with E-state index >= 15 is 0 Å². The molecule has 176 valence electrons. The highest BCUT2D eigenvalue weighted by Gasteiger charge is 2.75. The number of ether oxygens (including phenoxy) is 2. The van der Waals surface area contributed by atoms with Crippen LogP contribution in [0.1, 0.15) is 58.4 Å². The van der Waals surface area contributed by atoms with Crippen molar-refractivity contribution in [2.24, 2.45) is 23.2 Å². The van der Waals surface area contributed by atoms with E-state index < -0.39 is 34.9 Å². The van der Waals surface area contributed by atoms with Gasteiger partial charge in [-0.3, -0.25) is 4.79 Å². The molecule has 0 unspecified atom stereocenters. The summed E-state index contributed by atoms with van der Waals surface area (Å²) in [5, 5.41) is 2.84. The van der Waals surface area contributed by atoms with E-state index in [0.717, 1.165) is 39.2 Å². The molecule has 1 aromatic rings. The maximum absolute atomic E-state index is 14.4. The van der Waals surface area contributed by atoms with Crippen molar-refractivity contribution < 1.29 is 27.4 Å². The Morgan fingerprint density at radius 3 is 2.47 bits per heavy atom. The normalized spacial score (nSPS) is 44.2. The second kappa shape index (κ2) is 6.72. The van der Waals surface area contributed by atoms with Crippen molar-refractivity contribution in [1.29, 1.82) is 0 Å². The minimum Gasteiger partial charge on any atom is -0.366 e. The standard InChI is InChI=1S/C25H32F3NO3/c1-15-10-11-18-22(3)19(17-14-23(15,18)13-12-21(17,2)32-22)29-20(30)24(31-4,25(26,27)28)16-8-6-5-7-9-16/h5-9,15,17-19H,10-14H2,1-4H3,(H,29,30)/t15-,17+,18-,19+,21-,22-,23+,24-/m1/s1. The van der Waals surface area contributed by atoms with Gasteiger partial charge in [0.1, 0.15) is 0 Å². The molecule has 3 saturated carbocycles. The molecule has 1 aromatic carbocycles. The highest BCUT2D eigenvalue weighted by Crippen LogP contribution is 2.72. The van der Waals surface area contributed by atoms with Gasteiger partial charge in [-0.15, -0.1) is 0 Å². The molecule has 1 spiro atoms. The van der Waals surface area contributed by atoms with Crippen molar-refractivity contribution in [2.75, 3.05) is 7.11 Å². The number of carbonyl (C=O) groups excluding carboxylic acids is 1. The monoisotopic (exact) mass is 451 g/mol. The van der Waals surface area contributed by atoms with Crippen LogP contribution in [0.5, 0.6) is 0 Å². The number of benzene rings is 1. The summed E-state index contributed by atoms with van der Waals surface area (Å²) < 4.78 is 55.1. The lowest BCUT2D eigenvalue weighted by Crippen LogP contribution is -2.67. The van der Waals surface area contributed by atoms with Gasteiger partial charge in [0.2, 0.25) is 0 Å². The molecule has 4 fully saturated rings. The summed E-state index contributed by atoms with van der Waals surface area (Å²) in [6.07, 6.45) is 0.0366. The van der Waals surface area contributed by atoms with Gasteiger partial charge in [0.05, 0.1) is 17.2 Å². The van der Waals surface area contributed by atoms with E-state index in [0.29, 0.717) is 5.92 Å². The van der Waals surface area contributed by atoms with Gasteiger partial charge in [-0.1, -0.05) is 37.3 Å². The summed E-state index contributed by atoms with van der Waals surface area (Å²) >= 11 is 0. The van der Waals surface area contributed by atoms with E-state index in [1.54, 1.807) is 6.07 Å². The van der Waals surface area contributed by atoms with Crippen LogP contribution in [0.3, 0.4) is 0 Å². The Morgan fingerprint density at radius 1 is 1.16 bits per heavy atom. The van der Waals surface area contributed by atoms with Crippen LogP contribution < -0.4 is 5.32 Å². The lowest BCUT2D eigenvalue weighted by atomic mass is 9.49. The van der Waals surface area contributed by atoms with Crippen molar-refractivity contribution >= 4 is 5.91 Å². The Bertz CT molecular complexity index is 923. The van der Waals surface area contributed by atoms with Crippen LogP contribution in [-0.4, -0.2) is 36.4 Å². The largest absolute Gasteiger partial charge is 0.430 e. The fourth-order valence-electron chi connectivity index (χ4n) is 8.11. The minimum atomic E-state index is -4.92. The molecule has 0 radical (unpaired) electrons. The number of halogens is 3. The maximum atomic E-state index is 14.4. The van der Waals surface area contributed by atoms with E-state index in [9.17, 15) is 18.0 Å². The van der Waals surface area contributed by atoms with E-state index in [1.807, 2.05) is 6.92 Å². The van der Waals surface area contributed by atoms with E-state index in [2.05, 4.69) is 19.2 Å². The molecule has 7 heteroatoms. The Labute approximate surface area is 187 Å². The number of hydrogen-bond donors (Lipinski definition) is 1. The summed E-state index contributed by atoms with van der Waals surface area (Å²) in [5.74, 6) is -0.377. The van der Waals surface area contributed by atoms with Gasteiger partial charge >= 0.3 is 6.18 Å². The number of fused-ring (bicyclic) bond motifs is 2. The molecule has 3 aliphatic carbocycles. The number of methoxy groups -OCH3 is 1. The van der Waals surface area contributed by atoms with Crippen LogP contribution in [-0.2, 0) is 19.9 Å². The molecule has 0 aromatic heterocycles. The van der Waals surface area contributed by atoms with Gasteiger partial charge in [0.15, 0.2) is 0 Å². The SMILES string of the molecule is CO[C@@](C(=O)N[C@H]1[C@@H]2C[C@]34CC[C@@]2(C)O[C@]1(C)[C@H]3CC[C@H]4C)(c1ccccc1)C(F)(F)F. The average molecular weight is 452 g/mol. The summed E-state index contributed by atoms with van der Waals surface area (Å²) in [6, 6.07) is 6.69. The van der Waals surface area contributed by atoms with Crippen LogP contribution >= 0.6 is 0 Å². The molecule has 4 nitrogen and oxygen atoms in total. The van der Waals surface area contributed by atoms with Gasteiger partial charge in [0.25, 0.3) is 11.5 Å². The zero-order valence-corrected chi connectivity index (χ0v) is 19.1. The molecule has 1 amide bonds. The quantitative estimate of drug-likeness (QED) is 0.703. The first-order valence-corrected chi connectivity index (χ1v) is 11.6. The Morgan fingerprint density at radius 2 is 1.84 bits per heavy atom. The van der Waals surface area contributed by atoms with Gasteiger partial charge in [0, 0.05) is 18.6 Å². The summed E-state index contributed by atoms with van der Waals surface area (Å²) in [7, 11) is 0.949. The molecule has 3 bridgehead atoms. The molecular weight excluding hydrogens is 419 g/mol. The first-order valence-electron chi connectivity index (χ1n) is 11.6. The van der Waals surface area contributed by atoms with Gasteiger partial charge in [-0.05, 0) is 63.2 Å². The summed E-state index contributed by atoms with van der Waals surface area (Å²) in [4.78, 5) is 13.5. The molecular formula is C25H32F3NO3. The third kappa shape index (κ3) is 2.55. The minimum absolute atomic E-state index is 0.0134. The lowest BCUT2D eigenvalue weighted by Gasteiger charge is -2.55. The van der Waals surface area contributed by atoms with Crippen LogP contribution in [0.4, 0.5) is 13.2 Å². The smallest absolute Gasteiger partial charge is 0.366 e. The molecule has 1 N–H and O–H groups in total. The van der Waals surface area contributed by atoms with Crippen LogP contribution in [0.2, 0.25) is 0 Å². The van der Waals surface area contributed by atoms with Crippen LogP contribution in [0.15, 0.2) is 30.3 Å². The zero-order chi connectivity index (χ0) is 23.2. The van der Waals surface area contributed by atoms with Gasteiger partial charge in [-0.25, -0.2) is 0 Å². The van der Waals surface area contributed by atoms with Crippen molar-refractivity contribution in [1.82, 2.24) is 5.32 Å². The van der Waals surface area contributed by atoms with Crippen molar-refractivity contribution in [2.45, 2.75) is 81.9 Å². The van der Waals surface area contributed by atoms with Crippen LogP contribution in [0.25, 0.3) is 0 Å². The predicted molar refractivity (Wildman–Crippen MR) is 113 cm³/mol. The third-order valence-electron chi connectivity index (χ3n) is 9.69. The Balaban J connectivity index is 1.55. The molecule has 8 atom stereocenters. The first-order chi connectivity index (χ1) is 14.9. The van der Waals surface area contributed by atoms with E-state index in [4.69, 9.17) is 9.47 Å². The molecule has 1 saturated heterocycles. The summed E-state index contributed by atoms with van der Waals surface area (Å²) in [5.41, 5.74) is -4.24. The van der Waals surface area contributed by atoms with Gasteiger partial charge in [-0.2, -0.15) is 13.2 Å². The first kappa shape index (κ1) is 22.2. The predicted octanol–water partition coefficient (Wildman–Crippen LogP) is 4.97. The third-order valence-corrected chi connectivity index (χ3v) is 9.69. The van der Waals surface area contributed by atoms with E-state index in [-0.39, 0.29) is 22.8 Å². The van der Waals surface area contributed by atoms with Crippen molar-refractivity contribution in [3.8, 4) is 0 Å². The Hall–Kier alpha value is -1.60. The molecule has 1 aliphatic heterocycles. The van der Waals surface area contributed by atoms with Gasteiger partial charge < -0.3 is 14.8 Å². The number of alkyl halides is 3. The highest BCUT2D eigenvalue weighted by molar-refractivity contribution is 5.88. The zero-order valence-electron chi connectivity index (χ0n) is 19.1. The topological polar surface area (TPSA) is 47.6 Å². The van der Waals surface area contributed by atoms with E-state index in [1.165, 1.54) is 24.3 Å². The Kier molecular flexibility index (Phi) is 4.66. The van der Waals surface area contributed by atoms with Crippen molar-refractivity contribution in [3.63, 3.8) is 0 Å². The second-order valence-electron chi connectivity index (χ2n) is 10.9. The van der Waals surface area contributed by atoms with Crippen molar-refractivity contribution in [3.05, 3.63) is 35.9 Å². The maximum Gasteiger partial charge on any atom is 0.430 e. The number of nitrogens with one attached hydrogen (secondary N) is 1. The number of rotatable bonds is 4. The summed E-state index contributed by atoms with van der Waals surface area (Å²) in [6.45, 7) is 6.40. The number of amides is 1. The lowest BCUT2D eigenvalue weighted by molar-refractivity contribution is -0.266. The molecule has 4 aliphatic rings. The number of hydrogen-bond acceptors (Lipinski definition) is 3. The molecule has 32 heavy (non-hydrogen) atoms. The number of carbonyl (C=O) groups is 1. The second-order valence-corrected chi connectivity index (χ2v) is 10.9. The highest BCUT2D eigenvalue weighted by atomic mass is 19.4. The van der Waals surface area contributed by atoms with Crippen LogP contribution in [0, 0.1) is 23.2 Å².